The molecule has 0 radical (unpaired) electrons. The van der Waals surface area contributed by atoms with E-state index in [1.54, 1.807) is 13.2 Å². The van der Waals surface area contributed by atoms with Crippen LogP contribution in [0.3, 0.4) is 0 Å². The van der Waals surface area contributed by atoms with E-state index >= 15 is 0 Å². The SMILES string of the molecule is COCCc1cc(C(=O)Nc2cc(C3CCCC3)[nH]n2)n[nH]1. The Morgan fingerprint density at radius 3 is 2.91 bits per heavy atom. The van der Waals surface area contributed by atoms with Crippen LogP contribution in [0.2, 0.25) is 0 Å². The van der Waals surface area contributed by atoms with E-state index in [0.717, 1.165) is 11.4 Å². The van der Waals surface area contributed by atoms with Crippen molar-refractivity contribution in [3.63, 3.8) is 0 Å². The van der Waals surface area contributed by atoms with Crippen LogP contribution >= 0.6 is 0 Å². The lowest BCUT2D eigenvalue weighted by Gasteiger charge is -2.03. The van der Waals surface area contributed by atoms with Gasteiger partial charge < -0.3 is 10.1 Å². The Labute approximate surface area is 128 Å². The Balaban J connectivity index is 1.60. The highest BCUT2D eigenvalue weighted by Crippen LogP contribution is 2.33. The molecule has 0 atom stereocenters. The van der Waals surface area contributed by atoms with E-state index in [1.807, 2.05) is 6.07 Å². The third kappa shape index (κ3) is 3.36. The highest BCUT2D eigenvalue weighted by atomic mass is 16.5. The summed E-state index contributed by atoms with van der Waals surface area (Å²) in [6.07, 6.45) is 5.62. The van der Waals surface area contributed by atoms with Crippen molar-refractivity contribution >= 4 is 11.7 Å². The zero-order valence-electron chi connectivity index (χ0n) is 12.7. The lowest BCUT2D eigenvalue weighted by molar-refractivity contribution is 0.102. The number of nitrogens with zero attached hydrogens (tertiary/aromatic N) is 2. The third-order valence-electron chi connectivity index (χ3n) is 4.07. The monoisotopic (exact) mass is 303 g/mol. The summed E-state index contributed by atoms with van der Waals surface area (Å²) in [5, 5.41) is 16.8. The molecular formula is C15H21N5O2. The molecule has 1 fully saturated rings. The van der Waals surface area contributed by atoms with Crippen LogP contribution in [-0.2, 0) is 11.2 Å². The fourth-order valence-electron chi connectivity index (χ4n) is 2.84. The molecule has 7 nitrogen and oxygen atoms in total. The van der Waals surface area contributed by atoms with Crippen LogP contribution in [0.1, 0.15) is 53.5 Å². The van der Waals surface area contributed by atoms with Crippen LogP contribution in [-0.4, -0.2) is 40.0 Å². The Hall–Kier alpha value is -2.15. The Bertz CT molecular complexity index is 627. The summed E-state index contributed by atoms with van der Waals surface area (Å²) in [5.41, 5.74) is 2.34. The summed E-state index contributed by atoms with van der Waals surface area (Å²) < 4.78 is 5.00. The Kier molecular flexibility index (Phi) is 4.53. The van der Waals surface area contributed by atoms with Crippen molar-refractivity contribution in [3.8, 4) is 0 Å². The predicted molar refractivity (Wildman–Crippen MR) is 81.9 cm³/mol. The molecule has 0 aliphatic heterocycles. The highest BCUT2D eigenvalue weighted by Gasteiger charge is 2.20. The molecule has 1 amide bonds. The number of anilines is 1. The summed E-state index contributed by atoms with van der Waals surface area (Å²) in [6.45, 7) is 0.591. The van der Waals surface area contributed by atoms with Gasteiger partial charge >= 0.3 is 0 Å². The van der Waals surface area contributed by atoms with Crippen molar-refractivity contribution in [1.82, 2.24) is 20.4 Å². The van der Waals surface area contributed by atoms with Gasteiger partial charge in [0.05, 0.1) is 6.61 Å². The van der Waals surface area contributed by atoms with Gasteiger partial charge in [-0.05, 0) is 18.9 Å². The number of amides is 1. The number of rotatable bonds is 6. The number of hydrogen-bond acceptors (Lipinski definition) is 4. The maximum atomic E-state index is 12.2. The van der Waals surface area contributed by atoms with Crippen molar-refractivity contribution in [2.24, 2.45) is 0 Å². The van der Waals surface area contributed by atoms with Crippen molar-refractivity contribution in [2.75, 3.05) is 19.0 Å². The largest absolute Gasteiger partial charge is 0.384 e. The summed E-state index contributed by atoms with van der Waals surface area (Å²) >= 11 is 0. The van der Waals surface area contributed by atoms with Crippen molar-refractivity contribution in [1.29, 1.82) is 0 Å². The molecule has 0 aromatic carbocycles. The van der Waals surface area contributed by atoms with Gasteiger partial charge in [0, 0.05) is 36.9 Å². The molecule has 3 rings (SSSR count). The predicted octanol–water partition coefficient (Wildman–Crippen LogP) is 2.23. The zero-order chi connectivity index (χ0) is 15.4. The van der Waals surface area contributed by atoms with Gasteiger partial charge in [-0.2, -0.15) is 10.2 Å². The van der Waals surface area contributed by atoms with Gasteiger partial charge in [-0.15, -0.1) is 0 Å². The van der Waals surface area contributed by atoms with Gasteiger partial charge in [0.1, 0.15) is 0 Å². The number of ether oxygens (including phenoxy) is 1. The third-order valence-corrected chi connectivity index (χ3v) is 4.07. The van der Waals surface area contributed by atoms with Crippen LogP contribution < -0.4 is 5.32 Å². The molecule has 0 spiro atoms. The normalized spacial score (nSPS) is 15.3. The van der Waals surface area contributed by atoms with Crippen LogP contribution in [0, 0.1) is 0 Å². The van der Waals surface area contributed by atoms with E-state index in [2.05, 4.69) is 25.7 Å². The minimum Gasteiger partial charge on any atom is -0.384 e. The number of aromatic amines is 2. The molecular weight excluding hydrogens is 282 g/mol. The number of aromatic nitrogens is 4. The molecule has 118 valence electrons. The van der Waals surface area contributed by atoms with E-state index < -0.39 is 0 Å². The number of nitrogens with one attached hydrogen (secondary N) is 3. The molecule has 3 N–H and O–H groups in total. The molecule has 0 saturated heterocycles. The second kappa shape index (κ2) is 6.74. The fraction of sp³-hybridized carbons (Fsp3) is 0.533. The average molecular weight is 303 g/mol. The molecule has 2 aromatic heterocycles. The second-order valence-electron chi connectivity index (χ2n) is 5.67. The Morgan fingerprint density at radius 1 is 1.32 bits per heavy atom. The van der Waals surface area contributed by atoms with E-state index in [-0.39, 0.29) is 5.91 Å². The van der Waals surface area contributed by atoms with E-state index in [4.69, 9.17) is 4.74 Å². The number of H-pyrrole nitrogens is 2. The van der Waals surface area contributed by atoms with Crippen molar-refractivity contribution in [3.05, 3.63) is 29.2 Å². The van der Waals surface area contributed by atoms with Gasteiger partial charge in [0.15, 0.2) is 11.5 Å². The quantitative estimate of drug-likeness (QED) is 0.762. The maximum absolute atomic E-state index is 12.2. The summed E-state index contributed by atoms with van der Waals surface area (Å²) in [4.78, 5) is 12.2. The van der Waals surface area contributed by atoms with Crippen molar-refractivity contribution in [2.45, 2.75) is 38.0 Å². The second-order valence-corrected chi connectivity index (χ2v) is 5.67. The lowest BCUT2D eigenvalue weighted by atomic mass is 10.0. The van der Waals surface area contributed by atoms with E-state index in [1.165, 1.54) is 25.7 Å². The first kappa shape index (κ1) is 14.8. The first-order valence-electron chi connectivity index (χ1n) is 7.66. The smallest absolute Gasteiger partial charge is 0.277 e. The fourth-order valence-corrected chi connectivity index (χ4v) is 2.84. The zero-order valence-corrected chi connectivity index (χ0v) is 12.7. The molecule has 1 aliphatic rings. The number of carbonyl (C=O) groups is 1. The molecule has 7 heteroatoms. The maximum Gasteiger partial charge on any atom is 0.277 e. The van der Waals surface area contributed by atoms with Gasteiger partial charge in [-0.1, -0.05) is 12.8 Å². The van der Waals surface area contributed by atoms with E-state index in [9.17, 15) is 4.79 Å². The van der Waals surface area contributed by atoms with Crippen LogP contribution in [0.15, 0.2) is 12.1 Å². The molecule has 2 aromatic rings. The standard InChI is InChI=1S/C15H21N5O2/c1-22-7-6-11-8-13(19-17-11)15(21)16-14-9-12(18-20-14)10-4-2-3-5-10/h8-10H,2-7H2,1H3,(H,17,19)(H2,16,18,20,21). The Morgan fingerprint density at radius 2 is 2.14 bits per heavy atom. The molecule has 0 bridgehead atoms. The van der Waals surface area contributed by atoms with Crippen LogP contribution in [0.4, 0.5) is 5.82 Å². The minimum absolute atomic E-state index is 0.260. The van der Waals surface area contributed by atoms with Gasteiger partial charge in [0.25, 0.3) is 5.91 Å². The first-order valence-corrected chi connectivity index (χ1v) is 7.66. The minimum atomic E-state index is -0.260. The lowest BCUT2D eigenvalue weighted by Crippen LogP contribution is -2.12. The van der Waals surface area contributed by atoms with Gasteiger partial charge in [-0.3, -0.25) is 15.0 Å². The summed E-state index contributed by atoms with van der Waals surface area (Å²) in [6, 6.07) is 3.66. The molecule has 2 heterocycles. The highest BCUT2D eigenvalue weighted by molar-refractivity contribution is 6.02. The molecule has 22 heavy (non-hydrogen) atoms. The molecule has 0 unspecified atom stereocenters. The van der Waals surface area contributed by atoms with Crippen molar-refractivity contribution < 1.29 is 9.53 Å². The summed E-state index contributed by atoms with van der Waals surface area (Å²) in [7, 11) is 1.64. The van der Waals surface area contributed by atoms with Gasteiger partial charge in [-0.25, -0.2) is 0 Å². The number of methoxy groups -OCH3 is 1. The average Bonchev–Trinajstić information content (AvgIpc) is 3.25. The summed E-state index contributed by atoms with van der Waals surface area (Å²) in [5.74, 6) is 0.835. The van der Waals surface area contributed by atoms with Crippen LogP contribution in [0.5, 0.6) is 0 Å². The molecule has 1 aliphatic carbocycles. The number of hydrogen-bond donors (Lipinski definition) is 3. The first-order chi connectivity index (χ1) is 10.8. The van der Waals surface area contributed by atoms with Gasteiger partial charge in [0.2, 0.25) is 0 Å². The topological polar surface area (TPSA) is 95.7 Å². The molecule has 1 saturated carbocycles. The van der Waals surface area contributed by atoms with Crippen LogP contribution in [0.25, 0.3) is 0 Å². The number of carbonyl (C=O) groups excluding carboxylic acids is 1. The van der Waals surface area contributed by atoms with E-state index in [0.29, 0.717) is 30.5 Å².